The Labute approximate surface area is 189 Å². The zero-order chi connectivity index (χ0) is 22.9. The maximum atomic E-state index is 13.5. The summed E-state index contributed by atoms with van der Waals surface area (Å²) in [4.78, 5) is 13.5. The Morgan fingerprint density at radius 3 is 2.06 bits per heavy atom. The van der Waals surface area contributed by atoms with Crippen LogP contribution in [0.1, 0.15) is 41.6 Å². The van der Waals surface area contributed by atoms with Gasteiger partial charge in [0, 0.05) is 38.4 Å². The number of benzene rings is 2. The third kappa shape index (κ3) is 6.00. The summed E-state index contributed by atoms with van der Waals surface area (Å²) in [6, 6.07) is 12.9. The quantitative estimate of drug-likeness (QED) is 0.349. The molecular formula is C25H32O7. The van der Waals surface area contributed by atoms with Crippen molar-refractivity contribution in [2.75, 3.05) is 41.7 Å². The number of rotatable bonds is 12. The van der Waals surface area contributed by atoms with Crippen molar-refractivity contribution in [1.29, 1.82) is 0 Å². The first-order chi connectivity index (χ1) is 15.6. The summed E-state index contributed by atoms with van der Waals surface area (Å²) in [5.41, 5.74) is 1.63. The molecule has 2 aromatic carbocycles. The Morgan fingerprint density at radius 1 is 0.812 bits per heavy atom. The fraction of sp³-hybridized carbons (Fsp3) is 0.480. The van der Waals surface area contributed by atoms with E-state index in [1.807, 2.05) is 30.3 Å². The van der Waals surface area contributed by atoms with E-state index in [4.69, 9.17) is 28.4 Å². The van der Waals surface area contributed by atoms with Crippen LogP contribution in [0.3, 0.4) is 0 Å². The van der Waals surface area contributed by atoms with E-state index >= 15 is 0 Å². The Balaban J connectivity index is 1.87. The average Bonchev–Trinajstić information content (AvgIpc) is 3.21. The molecule has 3 unspecified atom stereocenters. The van der Waals surface area contributed by atoms with Crippen molar-refractivity contribution in [2.45, 2.75) is 25.7 Å². The van der Waals surface area contributed by atoms with Crippen LogP contribution in [0.25, 0.3) is 0 Å². The zero-order valence-electron chi connectivity index (χ0n) is 19.2. The van der Waals surface area contributed by atoms with E-state index in [9.17, 15) is 4.79 Å². The van der Waals surface area contributed by atoms with Gasteiger partial charge < -0.3 is 28.4 Å². The minimum Gasteiger partial charge on any atom is -0.468 e. The summed E-state index contributed by atoms with van der Waals surface area (Å²) in [5.74, 6) is 2.45. The van der Waals surface area contributed by atoms with E-state index < -0.39 is 0 Å². The molecule has 0 spiro atoms. The predicted molar refractivity (Wildman–Crippen MR) is 119 cm³/mol. The lowest BCUT2D eigenvalue weighted by Crippen LogP contribution is -2.19. The first kappa shape index (κ1) is 24.0. The highest BCUT2D eigenvalue weighted by molar-refractivity contribution is 5.98. The minimum atomic E-state index is -0.154. The van der Waals surface area contributed by atoms with Crippen LogP contribution in [0, 0.1) is 11.8 Å². The number of hydrogen-bond acceptors (Lipinski definition) is 7. The van der Waals surface area contributed by atoms with E-state index in [0.29, 0.717) is 28.7 Å². The lowest BCUT2D eigenvalue weighted by molar-refractivity contribution is 0.0473. The molecule has 3 rings (SSSR count). The molecule has 1 fully saturated rings. The fourth-order valence-electron chi connectivity index (χ4n) is 4.27. The lowest BCUT2D eigenvalue weighted by Gasteiger charge is -2.23. The van der Waals surface area contributed by atoms with Crippen molar-refractivity contribution in [3.05, 3.63) is 53.6 Å². The van der Waals surface area contributed by atoms with Gasteiger partial charge in [-0.15, -0.1) is 0 Å². The van der Waals surface area contributed by atoms with Gasteiger partial charge in [0.05, 0.1) is 0 Å². The van der Waals surface area contributed by atoms with Gasteiger partial charge in [0.25, 0.3) is 0 Å². The fourth-order valence-corrected chi connectivity index (χ4v) is 4.27. The predicted octanol–water partition coefficient (Wildman–Crippen LogP) is 4.65. The maximum absolute atomic E-state index is 13.5. The molecule has 0 amide bonds. The van der Waals surface area contributed by atoms with Gasteiger partial charge in [-0.2, -0.15) is 0 Å². The first-order valence-electron chi connectivity index (χ1n) is 10.7. The van der Waals surface area contributed by atoms with Gasteiger partial charge in [-0.05, 0) is 67.1 Å². The number of ether oxygens (including phenoxy) is 6. The standard InChI is InChI=1S/C25H32O7/c1-17-11-21(22-13-20(31-15-28-3)9-10-24(22)32-16-29-4)23(12-17)25(26)18-5-7-19(8-6-18)30-14-27-2/h5-10,13,17,21,23H,11-12,14-16H2,1-4H3. The molecular weight excluding hydrogens is 412 g/mol. The number of carbonyl (C=O) groups excluding carboxylic acids is 1. The van der Waals surface area contributed by atoms with Crippen LogP contribution in [0.4, 0.5) is 0 Å². The molecule has 1 aliphatic carbocycles. The average molecular weight is 445 g/mol. The van der Waals surface area contributed by atoms with Crippen LogP contribution in [-0.4, -0.2) is 47.5 Å². The van der Waals surface area contributed by atoms with Gasteiger partial charge in [0.1, 0.15) is 17.2 Å². The second-order valence-electron chi connectivity index (χ2n) is 8.03. The van der Waals surface area contributed by atoms with Crippen LogP contribution < -0.4 is 14.2 Å². The first-order valence-corrected chi connectivity index (χ1v) is 10.7. The Hall–Kier alpha value is -2.61. The van der Waals surface area contributed by atoms with E-state index in [2.05, 4.69) is 6.92 Å². The normalized spacial score (nSPS) is 20.2. The molecule has 0 N–H and O–H groups in total. The van der Waals surface area contributed by atoms with E-state index in [0.717, 1.165) is 18.4 Å². The second kappa shape index (κ2) is 11.9. The molecule has 2 aromatic rings. The van der Waals surface area contributed by atoms with Gasteiger partial charge >= 0.3 is 0 Å². The Kier molecular flexibility index (Phi) is 8.90. The highest BCUT2D eigenvalue weighted by Gasteiger charge is 2.39. The Bertz CT molecular complexity index is 865. The third-order valence-electron chi connectivity index (χ3n) is 5.67. The van der Waals surface area contributed by atoms with E-state index in [-0.39, 0.29) is 38.0 Å². The molecule has 0 saturated heterocycles. The third-order valence-corrected chi connectivity index (χ3v) is 5.67. The summed E-state index contributed by atoms with van der Waals surface area (Å²) in [5, 5.41) is 0. The SMILES string of the molecule is COCOc1ccc(C(=O)C2CC(C)CC2c2cc(OCOC)ccc2OCOC)cc1. The lowest BCUT2D eigenvalue weighted by atomic mass is 9.83. The van der Waals surface area contributed by atoms with Gasteiger partial charge in [-0.3, -0.25) is 4.79 Å². The van der Waals surface area contributed by atoms with Crippen molar-refractivity contribution in [3.63, 3.8) is 0 Å². The summed E-state index contributed by atoms with van der Waals surface area (Å²) in [6.45, 7) is 2.64. The number of carbonyl (C=O) groups is 1. The molecule has 1 saturated carbocycles. The number of ketones is 1. The smallest absolute Gasteiger partial charge is 0.188 e. The van der Waals surface area contributed by atoms with E-state index in [1.54, 1.807) is 33.5 Å². The molecule has 3 atom stereocenters. The van der Waals surface area contributed by atoms with Crippen LogP contribution in [0.2, 0.25) is 0 Å². The van der Waals surface area contributed by atoms with Crippen molar-refractivity contribution in [1.82, 2.24) is 0 Å². The molecule has 1 aliphatic rings. The number of methoxy groups -OCH3 is 3. The highest BCUT2D eigenvalue weighted by atomic mass is 16.7. The summed E-state index contributed by atoms with van der Waals surface area (Å²) in [6.07, 6.45) is 1.71. The molecule has 32 heavy (non-hydrogen) atoms. The molecule has 0 aliphatic heterocycles. The largest absolute Gasteiger partial charge is 0.468 e. The molecule has 0 heterocycles. The second-order valence-corrected chi connectivity index (χ2v) is 8.03. The molecule has 7 nitrogen and oxygen atoms in total. The van der Waals surface area contributed by atoms with Crippen LogP contribution in [0.5, 0.6) is 17.2 Å². The zero-order valence-corrected chi connectivity index (χ0v) is 19.2. The van der Waals surface area contributed by atoms with Crippen molar-refractivity contribution >= 4 is 5.78 Å². The van der Waals surface area contributed by atoms with E-state index in [1.165, 1.54) is 0 Å². The van der Waals surface area contributed by atoms with Crippen LogP contribution in [0.15, 0.2) is 42.5 Å². The van der Waals surface area contributed by atoms with Crippen molar-refractivity contribution in [2.24, 2.45) is 11.8 Å². The topological polar surface area (TPSA) is 72.5 Å². The van der Waals surface area contributed by atoms with Crippen LogP contribution in [-0.2, 0) is 14.2 Å². The molecule has 0 aromatic heterocycles. The van der Waals surface area contributed by atoms with Gasteiger partial charge in [0.2, 0.25) is 0 Å². The molecule has 174 valence electrons. The van der Waals surface area contributed by atoms with Gasteiger partial charge in [0.15, 0.2) is 26.2 Å². The van der Waals surface area contributed by atoms with Crippen LogP contribution >= 0.6 is 0 Å². The highest BCUT2D eigenvalue weighted by Crippen LogP contribution is 2.48. The molecule has 0 radical (unpaired) electrons. The maximum Gasteiger partial charge on any atom is 0.188 e. The van der Waals surface area contributed by atoms with Gasteiger partial charge in [-0.25, -0.2) is 0 Å². The molecule has 7 heteroatoms. The summed E-state index contributed by atoms with van der Waals surface area (Å²) >= 11 is 0. The summed E-state index contributed by atoms with van der Waals surface area (Å²) in [7, 11) is 4.73. The molecule has 0 bridgehead atoms. The monoisotopic (exact) mass is 444 g/mol. The minimum absolute atomic E-state index is 0.0138. The summed E-state index contributed by atoms with van der Waals surface area (Å²) < 4.78 is 32.0. The number of Topliss-reactive ketones (excluding diaryl/α,β-unsaturated/α-hetero) is 1. The van der Waals surface area contributed by atoms with Crippen molar-refractivity contribution in [3.8, 4) is 17.2 Å². The number of hydrogen-bond donors (Lipinski definition) is 0. The Morgan fingerprint density at radius 2 is 1.41 bits per heavy atom. The van der Waals surface area contributed by atoms with Crippen molar-refractivity contribution < 1.29 is 33.2 Å². The van der Waals surface area contributed by atoms with Gasteiger partial charge in [-0.1, -0.05) is 6.92 Å².